The summed E-state index contributed by atoms with van der Waals surface area (Å²) < 4.78 is 46.4. The molecule has 4 aromatic carbocycles. The molecule has 8 nitrogen and oxygen atoms in total. The van der Waals surface area contributed by atoms with Crippen LogP contribution < -0.4 is 10.2 Å². The maximum atomic E-state index is 13.7. The van der Waals surface area contributed by atoms with E-state index in [1.54, 1.807) is 24.3 Å². The molecule has 1 heterocycles. The summed E-state index contributed by atoms with van der Waals surface area (Å²) in [5.41, 5.74) is 0.302. The van der Waals surface area contributed by atoms with Crippen LogP contribution >= 0.6 is 0 Å². The summed E-state index contributed by atoms with van der Waals surface area (Å²) in [5.74, 6) is -1.08. The smallest absolute Gasteiger partial charge is 0.417 e. The van der Waals surface area contributed by atoms with Crippen LogP contribution in [0.4, 0.5) is 35.0 Å². The average Bonchev–Trinajstić information content (AvgIpc) is 3.19. The highest BCUT2D eigenvalue weighted by Crippen LogP contribution is 2.39. The number of nitrogens with one attached hydrogen (secondary N) is 1. The molecule has 0 unspecified atom stereocenters. The minimum Gasteiger partial charge on any atom is -0.456 e. The van der Waals surface area contributed by atoms with Gasteiger partial charge in [-0.1, -0.05) is 42.5 Å². The quantitative estimate of drug-likeness (QED) is 0.158. The molecule has 0 bridgehead atoms. The number of esters is 1. The molecule has 0 spiro atoms. The van der Waals surface area contributed by atoms with Gasteiger partial charge in [0.1, 0.15) is 11.1 Å². The zero-order chi connectivity index (χ0) is 35.0. The molecule has 5 rings (SSSR count). The average molecular weight is 655 g/mol. The van der Waals surface area contributed by atoms with Crippen molar-refractivity contribution in [2.75, 3.05) is 10.2 Å². The Bertz CT molecular complexity index is 1920. The summed E-state index contributed by atoms with van der Waals surface area (Å²) in [4.78, 5) is 41.5. The molecule has 0 saturated carbocycles. The number of nitrogens with zero attached hydrogens (tertiary/aromatic N) is 3. The van der Waals surface area contributed by atoms with Gasteiger partial charge < -0.3 is 15.0 Å². The summed E-state index contributed by atoms with van der Waals surface area (Å²) in [7, 11) is 0. The van der Waals surface area contributed by atoms with Crippen LogP contribution in [0, 0.1) is 11.3 Å². The summed E-state index contributed by atoms with van der Waals surface area (Å²) in [6.07, 6.45) is -4.85. The van der Waals surface area contributed by atoms with E-state index in [1.165, 1.54) is 24.8 Å². The molecule has 1 aliphatic heterocycles. The lowest BCUT2D eigenvalue weighted by Gasteiger charge is -2.28. The van der Waals surface area contributed by atoms with Crippen molar-refractivity contribution < 1.29 is 32.3 Å². The standard InChI is InChI=1S/C37H33F3N4O4/c1-35(2,3)48-32(45)25-12-10-23(11-13-25)24-14-17-28(18-15-24)42-31-9-7-6-8-27(31)22-43-34(47)44(33(46)36(43,4)5)29-19-16-26(21-41)30(20-29)37(38,39)40/h6-20,42H,22H2,1-5H3. The second-order valence-corrected chi connectivity index (χ2v) is 12.8. The van der Waals surface area contributed by atoms with E-state index in [1.807, 2.05) is 69.3 Å². The summed E-state index contributed by atoms with van der Waals surface area (Å²) in [6, 6.07) is 25.5. The van der Waals surface area contributed by atoms with E-state index in [-0.39, 0.29) is 12.2 Å². The van der Waals surface area contributed by atoms with Gasteiger partial charge in [0.25, 0.3) is 5.91 Å². The van der Waals surface area contributed by atoms with Gasteiger partial charge >= 0.3 is 18.2 Å². The molecule has 1 N–H and O–H groups in total. The van der Waals surface area contributed by atoms with Crippen LogP contribution in [0.5, 0.6) is 0 Å². The number of urea groups is 1. The molecule has 4 aromatic rings. The highest BCUT2D eigenvalue weighted by Gasteiger charge is 2.52. The first-order valence-corrected chi connectivity index (χ1v) is 15.1. The third-order valence-electron chi connectivity index (χ3n) is 7.87. The lowest BCUT2D eigenvalue weighted by molar-refractivity contribution is -0.137. The number of amides is 3. The number of carbonyl (C=O) groups excluding carboxylic acids is 3. The molecule has 3 amide bonds. The molecule has 48 heavy (non-hydrogen) atoms. The number of hydrogen-bond donors (Lipinski definition) is 1. The number of carbonyl (C=O) groups is 3. The number of benzene rings is 4. The van der Waals surface area contributed by atoms with Gasteiger partial charge in [0, 0.05) is 11.4 Å². The topological polar surface area (TPSA) is 103 Å². The third kappa shape index (κ3) is 6.88. The molecule has 1 saturated heterocycles. The van der Waals surface area contributed by atoms with Gasteiger partial charge in [-0.2, -0.15) is 18.4 Å². The highest BCUT2D eigenvalue weighted by molar-refractivity contribution is 6.23. The molecule has 1 aliphatic rings. The maximum Gasteiger partial charge on any atom is 0.417 e. The van der Waals surface area contributed by atoms with E-state index in [9.17, 15) is 27.6 Å². The number of ether oxygens (including phenoxy) is 1. The zero-order valence-electron chi connectivity index (χ0n) is 27.0. The van der Waals surface area contributed by atoms with Crippen LogP contribution in [0.25, 0.3) is 11.1 Å². The number of anilines is 3. The number of para-hydroxylation sites is 1. The van der Waals surface area contributed by atoms with Gasteiger partial charge in [-0.3, -0.25) is 4.79 Å². The van der Waals surface area contributed by atoms with E-state index in [0.717, 1.165) is 33.8 Å². The molecule has 246 valence electrons. The summed E-state index contributed by atoms with van der Waals surface area (Å²) in [5, 5.41) is 12.5. The van der Waals surface area contributed by atoms with E-state index < -0.39 is 46.4 Å². The molecule has 0 atom stereocenters. The number of halogens is 3. The van der Waals surface area contributed by atoms with Crippen molar-refractivity contribution in [3.63, 3.8) is 0 Å². The molecule has 0 aromatic heterocycles. The Morgan fingerprint density at radius 1 is 0.896 bits per heavy atom. The van der Waals surface area contributed by atoms with Crippen LogP contribution in [-0.4, -0.2) is 33.9 Å². The van der Waals surface area contributed by atoms with Gasteiger partial charge in [0.15, 0.2) is 0 Å². The van der Waals surface area contributed by atoms with Gasteiger partial charge in [0.05, 0.1) is 35.0 Å². The number of alkyl halides is 3. The predicted octanol–water partition coefficient (Wildman–Crippen LogP) is 8.69. The number of nitriles is 1. The SMILES string of the molecule is CC(C)(C)OC(=O)c1ccc(-c2ccc(Nc3ccccc3CN3C(=O)N(c4ccc(C#N)c(C(F)(F)F)c4)C(=O)C3(C)C)cc2)cc1. The Labute approximate surface area is 276 Å². The molecule has 1 fully saturated rings. The fourth-order valence-electron chi connectivity index (χ4n) is 5.32. The predicted molar refractivity (Wildman–Crippen MR) is 175 cm³/mol. The van der Waals surface area contributed by atoms with E-state index in [2.05, 4.69) is 5.32 Å². The van der Waals surface area contributed by atoms with Crippen molar-refractivity contribution in [3.8, 4) is 17.2 Å². The number of imide groups is 1. The zero-order valence-corrected chi connectivity index (χ0v) is 27.0. The van der Waals surface area contributed by atoms with Gasteiger partial charge in [-0.15, -0.1) is 0 Å². The monoisotopic (exact) mass is 654 g/mol. The Kier molecular flexibility index (Phi) is 8.80. The van der Waals surface area contributed by atoms with Crippen molar-refractivity contribution in [3.05, 3.63) is 113 Å². The Morgan fingerprint density at radius 2 is 1.50 bits per heavy atom. The fraction of sp³-hybridized carbons (Fsp3) is 0.243. The van der Waals surface area contributed by atoms with Crippen molar-refractivity contribution in [2.24, 2.45) is 0 Å². The normalized spacial score (nSPS) is 14.6. The van der Waals surface area contributed by atoms with Crippen molar-refractivity contribution in [1.82, 2.24) is 4.90 Å². The van der Waals surface area contributed by atoms with Crippen LogP contribution in [0.3, 0.4) is 0 Å². The lowest BCUT2D eigenvalue weighted by atomic mass is 10.0. The molecule has 0 aliphatic carbocycles. The Balaban J connectivity index is 1.34. The van der Waals surface area contributed by atoms with Gasteiger partial charge in [-0.05, 0) is 99.8 Å². The van der Waals surface area contributed by atoms with Crippen LogP contribution in [0.2, 0.25) is 0 Å². The molecule has 11 heteroatoms. The molecular weight excluding hydrogens is 621 g/mol. The largest absolute Gasteiger partial charge is 0.456 e. The third-order valence-corrected chi connectivity index (χ3v) is 7.87. The molecular formula is C37H33F3N4O4. The number of hydrogen-bond acceptors (Lipinski definition) is 6. The first kappa shape index (κ1) is 33.7. The van der Waals surface area contributed by atoms with E-state index in [0.29, 0.717) is 22.9 Å². The first-order chi connectivity index (χ1) is 22.5. The second kappa shape index (κ2) is 12.5. The van der Waals surface area contributed by atoms with Crippen LogP contribution in [0.15, 0.2) is 91.0 Å². The minimum absolute atomic E-state index is 0.0122. The van der Waals surface area contributed by atoms with Gasteiger partial charge in [0.2, 0.25) is 0 Å². The van der Waals surface area contributed by atoms with E-state index >= 15 is 0 Å². The van der Waals surface area contributed by atoms with Crippen molar-refractivity contribution in [1.29, 1.82) is 5.26 Å². The fourth-order valence-corrected chi connectivity index (χ4v) is 5.32. The Hall–Kier alpha value is -5.63. The summed E-state index contributed by atoms with van der Waals surface area (Å²) in [6.45, 7) is 8.50. The maximum absolute atomic E-state index is 13.7. The van der Waals surface area contributed by atoms with Crippen molar-refractivity contribution >= 4 is 35.0 Å². The number of rotatable bonds is 7. The molecule has 0 radical (unpaired) electrons. The van der Waals surface area contributed by atoms with E-state index in [4.69, 9.17) is 10.00 Å². The lowest BCUT2D eigenvalue weighted by Crippen LogP contribution is -2.43. The van der Waals surface area contributed by atoms with Crippen LogP contribution in [-0.2, 0) is 22.3 Å². The first-order valence-electron chi connectivity index (χ1n) is 15.1. The van der Waals surface area contributed by atoms with Crippen molar-refractivity contribution in [2.45, 2.75) is 58.5 Å². The summed E-state index contributed by atoms with van der Waals surface area (Å²) >= 11 is 0. The highest BCUT2D eigenvalue weighted by atomic mass is 19.4. The minimum atomic E-state index is -4.85. The van der Waals surface area contributed by atoms with Crippen LogP contribution in [0.1, 0.15) is 61.7 Å². The van der Waals surface area contributed by atoms with Gasteiger partial charge in [-0.25, -0.2) is 14.5 Å². The second-order valence-electron chi connectivity index (χ2n) is 12.8. The Morgan fingerprint density at radius 3 is 2.08 bits per heavy atom.